The number of amides is 1. The highest BCUT2D eigenvalue weighted by atomic mass is 16.5. The van der Waals surface area contributed by atoms with Crippen LogP contribution in [0.3, 0.4) is 0 Å². The summed E-state index contributed by atoms with van der Waals surface area (Å²) in [4.78, 5) is 12.0. The van der Waals surface area contributed by atoms with E-state index in [1.54, 1.807) is 24.3 Å². The predicted octanol–water partition coefficient (Wildman–Crippen LogP) is 3.08. The van der Waals surface area contributed by atoms with Gasteiger partial charge in [-0.15, -0.1) is 0 Å². The largest absolute Gasteiger partial charge is 0.483 e. The van der Waals surface area contributed by atoms with Crippen LogP contribution in [0.1, 0.15) is 35.3 Å². The molecule has 0 unspecified atom stereocenters. The average Bonchev–Trinajstić information content (AvgIpc) is 2.99. The summed E-state index contributed by atoms with van der Waals surface area (Å²) in [7, 11) is 0. The van der Waals surface area contributed by atoms with E-state index in [4.69, 9.17) is 14.7 Å². The summed E-state index contributed by atoms with van der Waals surface area (Å²) in [6, 6.07) is 14.3. The van der Waals surface area contributed by atoms with Crippen LogP contribution >= 0.6 is 0 Å². The normalized spacial score (nSPS) is 13.4. The summed E-state index contributed by atoms with van der Waals surface area (Å²) in [6.07, 6.45) is 0.854. The fourth-order valence-electron chi connectivity index (χ4n) is 2.85. The molecule has 5 heteroatoms. The van der Waals surface area contributed by atoms with E-state index in [0.29, 0.717) is 16.9 Å². The third kappa shape index (κ3) is 4.59. The number of fused-ring (bicyclic) bond motifs is 1. The number of hydrogen-bond acceptors (Lipinski definition) is 4. The number of nitrogens with one attached hydrogen (secondary N) is 1. The van der Waals surface area contributed by atoms with Crippen molar-refractivity contribution in [2.75, 3.05) is 13.2 Å². The molecule has 0 radical (unpaired) electrons. The number of rotatable bonds is 4. The van der Waals surface area contributed by atoms with Gasteiger partial charge in [-0.1, -0.05) is 24.0 Å². The van der Waals surface area contributed by atoms with E-state index in [1.165, 1.54) is 0 Å². The maximum Gasteiger partial charge on any atom is 0.252 e. The standard InChI is InChI=1S/C22H20N2O3/c1-22(2)14-18-6-5-7-19(20(18)27-22)26-13-4-3-12-24-21(25)17-10-8-16(15-23)9-11-17/h5-11H,12-14H2,1-2H3,(H,24,25). The van der Waals surface area contributed by atoms with E-state index in [9.17, 15) is 4.79 Å². The number of nitrogens with zero attached hydrogens (tertiary/aromatic N) is 1. The zero-order valence-electron chi connectivity index (χ0n) is 15.3. The predicted molar refractivity (Wildman–Crippen MR) is 102 cm³/mol. The zero-order valence-corrected chi connectivity index (χ0v) is 15.3. The molecule has 3 rings (SSSR count). The quantitative estimate of drug-likeness (QED) is 0.851. The first-order chi connectivity index (χ1) is 13.0. The lowest BCUT2D eigenvalue weighted by atomic mass is 10.0. The minimum Gasteiger partial charge on any atom is -0.483 e. The second-order valence-electron chi connectivity index (χ2n) is 6.80. The maximum absolute atomic E-state index is 12.0. The van der Waals surface area contributed by atoms with Crippen molar-refractivity contribution in [1.29, 1.82) is 5.26 Å². The average molecular weight is 360 g/mol. The Morgan fingerprint density at radius 3 is 2.74 bits per heavy atom. The summed E-state index contributed by atoms with van der Waals surface area (Å²) in [5.41, 5.74) is 1.93. The molecule has 2 aromatic rings. The lowest BCUT2D eigenvalue weighted by Crippen LogP contribution is -2.24. The van der Waals surface area contributed by atoms with Crippen molar-refractivity contribution in [2.24, 2.45) is 0 Å². The van der Waals surface area contributed by atoms with Crippen LogP contribution in [0.4, 0.5) is 0 Å². The molecule has 1 aliphatic heterocycles. The number of hydrogen-bond donors (Lipinski definition) is 1. The number of nitriles is 1. The Kier molecular flexibility index (Phi) is 5.33. The Morgan fingerprint density at radius 2 is 2.00 bits per heavy atom. The SMILES string of the molecule is CC1(C)Cc2cccc(OCC#CCNC(=O)c3ccc(C#N)cc3)c2O1. The molecular formula is C22H20N2O3. The molecule has 0 spiro atoms. The monoisotopic (exact) mass is 360 g/mol. The van der Waals surface area contributed by atoms with Gasteiger partial charge in [-0.25, -0.2) is 0 Å². The van der Waals surface area contributed by atoms with E-state index in [1.807, 2.05) is 38.1 Å². The van der Waals surface area contributed by atoms with Gasteiger partial charge in [-0.2, -0.15) is 5.26 Å². The van der Waals surface area contributed by atoms with Gasteiger partial charge in [-0.05, 0) is 44.2 Å². The molecule has 1 amide bonds. The number of benzene rings is 2. The van der Waals surface area contributed by atoms with Gasteiger partial charge in [0.2, 0.25) is 0 Å². The smallest absolute Gasteiger partial charge is 0.252 e. The van der Waals surface area contributed by atoms with Crippen molar-refractivity contribution >= 4 is 5.91 Å². The Bertz CT molecular complexity index is 944. The lowest BCUT2D eigenvalue weighted by Gasteiger charge is -2.17. The molecule has 0 aromatic heterocycles. The summed E-state index contributed by atoms with van der Waals surface area (Å²) in [5.74, 6) is 7.00. The zero-order chi connectivity index (χ0) is 19.3. The number of ether oxygens (including phenoxy) is 2. The molecule has 136 valence electrons. The van der Waals surface area contributed by atoms with Crippen LogP contribution < -0.4 is 14.8 Å². The van der Waals surface area contributed by atoms with E-state index in [-0.39, 0.29) is 24.7 Å². The highest BCUT2D eigenvalue weighted by molar-refractivity contribution is 5.94. The van der Waals surface area contributed by atoms with Crippen molar-refractivity contribution in [2.45, 2.75) is 25.9 Å². The number of carbonyl (C=O) groups excluding carboxylic acids is 1. The minimum absolute atomic E-state index is 0.215. The molecule has 0 saturated heterocycles. The summed E-state index contributed by atoms with van der Waals surface area (Å²) in [6.45, 7) is 4.53. The van der Waals surface area contributed by atoms with Gasteiger partial charge in [0.05, 0.1) is 18.2 Å². The van der Waals surface area contributed by atoms with Crippen LogP contribution in [0.25, 0.3) is 0 Å². The van der Waals surface area contributed by atoms with Crippen molar-refractivity contribution in [3.63, 3.8) is 0 Å². The first-order valence-electron chi connectivity index (χ1n) is 8.66. The molecule has 0 bridgehead atoms. The van der Waals surface area contributed by atoms with Crippen LogP contribution in [0, 0.1) is 23.2 Å². The molecule has 0 fully saturated rings. The summed E-state index contributed by atoms with van der Waals surface area (Å²) >= 11 is 0. The second kappa shape index (κ2) is 7.85. The topological polar surface area (TPSA) is 71.3 Å². The van der Waals surface area contributed by atoms with Gasteiger partial charge in [0, 0.05) is 17.5 Å². The Labute approximate surface area is 158 Å². The van der Waals surface area contributed by atoms with Gasteiger partial charge in [-0.3, -0.25) is 4.79 Å². The fraction of sp³-hybridized carbons (Fsp3) is 0.273. The molecule has 0 saturated carbocycles. The molecule has 5 nitrogen and oxygen atoms in total. The molecular weight excluding hydrogens is 340 g/mol. The Hall–Kier alpha value is -3.44. The van der Waals surface area contributed by atoms with Gasteiger partial charge in [0.15, 0.2) is 11.5 Å². The van der Waals surface area contributed by atoms with Crippen LogP contribution in [0.15, 0.2) is 42.5 Å². The van der Waals surface area contributed by atoms with Crippen molar-refractivity contribution < 1.29 is 14.3 Å². The highest BCUT2D eigenvalue weighted by Gasteiger charge is 2.32. The van der Waals surface area contributed by atoms with Crippen LogP contribution in [0.2, 0.25) is 0 Å². The fourth-order valence-corrected chi connectivity index (χ4v) is 2.85. The maximum atomic E-state index is 12.0. The molecule has 0 aliphatic carbocycles. The second-order valence-corrected chi connectivity index (χ2v) is 6.80. The van der Waals surface area contributed by atoms with E-state index >= 15 is 0 Å². The molecule has 1 aliphatic rings. The van der Waals surface area contributed by atoms with Gasteiger partial charge >= 0.3 is 0 Å². The van der Waals surface area contributed by atoms with Crippen LogP contribution in [0.5, 0.6) is 11.5 Å². The van der Waals surface area contributed by atoms with Gasteiger partial charge < -0.3 is 14.8 Å². The van der Waals surface area contributed by atoms with Crippen LogP contribution in [-0.2, 0) is 6.42 Å². The minimum atomic E-state index is -0.230. The molecule has 1 heterocycles. The first-order valence-corrected chi connectivity index (χ1v) is 8.66. The first kappa shape index (κ1) is 18.4. The number of carbonyl (C=O) groups is 1. The van der Waals surface area contributed by atoms with Gasteiger partial charge in [0.25, 0.3) is 5.91 Å². The van der Waals surface area contributed by atoms with E-state index < -0.39 is 0 Å². The third-order valence-corrected chi connectivity index (χ3v) is 4.09. The van der Waals surface area contributed by atoms with E-state index in [0.717, 1.165) is 17.7 Å². The van der Waals surface area contributed by atoms with Gasteiger partial charge in [0.1, 0.15) is 12.2 Å². The Morgan fingerprint density at radius 1 is 1.22 bits per heavy atom. The van der Waals surface area contributed by atoms with Crippen molar-refractivity contribution in [3.8, 4) is 29.4 Å². The molecule has 0 atom stereocenters. The van der Waals surface area contributed by atoms with Crippen molar-refractivity contribution in [3.05, 3.63) is 59.2 Å². The Balaban J connectivity index is 1.48. The third-order valence-electron chi connectivity index (χ3n) is 4.09. The summed E-state index contributed by atoms with van der Waals surface area (Å²) in [5, 5.41) is 11.5. The lowest BCUT2D eigenvalue weighted by molar-refractivity contribution is 0.0958. The molecule has 1 N–H and O–H groups in total. The van der Waals surface area contributed by atoms with Crippen LogP contribution in [-0.4, -0.2) is 24.7 Å². The molecule has 27 heavy (non-hydrogen) atoms. The van der Waals surface area contributed by atoms with Crippen molar-refractivity contribution in [1.82, 2.24) is 5.32 Å². The summed E-state index contributed by atoms with van der Waals surface area (Å²) < 4.78 is 11.7. The van der Waals surface area contributed by atoms with E-state index in [2.05, 4.69) is 17.2 Å². The molecule has 2 aromatic carbocycles. The highest BCUT2D eigenvalue weighted by Crippen LogP contribution is 2.41. The number of para-hydroxylation sites is 1.